The first-order valence-electron chi connectivity index (χ1n) is 6.90. The summed E-state index contributed by atoms with van der Waals surface area (Å²) in [5.41, 5.74) is 2.83. The Balaban J connectivity index is 2.09. The fourth-order valence-electron chi connectivity index (χ4n) is 2.15. The van der Waals surface area contributed by atoms with Gasteiger partial charge in [-0.05, 0) is 23.8 Å². The van der Waals surface area contributed by atoms with Crippen molar-refractivity contribution in [3.05, 3.63) is 68.7 Å². The van der Waals surface area contributed by atoms with Gasteiger partial charge < -0.3 is 5.11 Å². The predicted octanol–water partition coefficient (Wildman–Crippen LogP) is 4.10. The number of thiazole rings is 1. The lowest BCUT2D eigenvalue weighted by atomic mass is 10.2. The molecule has 0 unspecified atom stereocenters. The van der Waals surface area contributed by atoms with Gasteiger partial charge in [-0.1, -0.05) is 46.3 Å². The van der Waals surface area contributed by atoms with E-state index in [1.807, 2.05) is 35.7 Å². The van der Waals surface area contributed by atoms with E-state index >= 15 is 0 Å². The Kier molecular flexibility index (Phi) is 4.73. The van der Waals surface area contributed by atoms with Crippen LogP contribution in [0.3, 0.4) is 0 Å². The van der Waals surface area contributed by atoms with Crippen LogP contribution in [-0.2, 0) is 0 Å². The third kappa shape index (κ3) is 3.43. The van der Waals surface area contributed by atoms with Gasteiger partial charge in [0, 0.05) is 22.5 Å². The fourth-order valence-corrected chi connectivity index (χ4v) is 3.43. The van der Waals surface area contributed by atoms with Crippen molar-refractivity contribution in [3.63, 3.8) is 0 Å². The van der Waals surface area contributed by atoms with E-state index in [2.05, 4.69) is 26.0 Å². The lowest BCUT2D eigenvalue weighted by Crippen LogP contribution is -2.11. The van der Waals surface area contributed by atoms with Gasteiger partial charge in [-0.25, -0.2) is 4.68 Å². The molecule has 0 saturated carbocycles. The highest BCUT2D eigenvalue weighted by atomic mass is 79.9. The minimum Gasteiger partial charge on any atom is -0.508 e. The van der Waals surface area contributed by atoms with Gasteiger partial charge in [-0.2, -0.15) is 5.10 Å². The summed E-state index contributed by atoms with van der Waals surface area (Å²) in [4.78, 5) is 5.08. The molecule has 3 aromatic rings. The third-order valence-electron chi connectivity index (χ3n) is 3.22. The van der Waals surface area contributed by atoms with E-state index in [1.165, 1.54) is 11.3 Å². The summed E-state index contributed by atoms with van der Waals surface area (Å²) in [6.45, 7) is 0. The van der Waals surface area contributed by atoms with Gasteiger partial charge in [0.15, 0.2) is 0 Å². The SMILES string of the molecule is CN=c1scc(-c2ccccc2Br)n1/N=C\c1cccc(O)c1. The molecule has 0 amide bonds. The molecule has 1 heterocycles. The largest absolute Gasteiger partial charge is 0.508 e. The fraction of sp³-hybridized carbons (Fsp3) is 0.0588. The van der Waals surface area contributed by atoms with Crippen molar-refractivity contribution in [2.75, 3.05) is 7.05 Å². The van der Waals surface area contributed by atoms with Gasteiger partial charge in [-0.15, -0.1) is 11.3 Å². The number of hydrogen-bond donors (Lipinski definition) is 1. The van der Waals surface area contributed by atoms with Crippen LogP contribution in [0.1, 0.15) is 5.56 Å². The van der Waals surface area contributed by atoms with Crippen LogP contribution in [0.2, 0.25) is 0 Å². The Labute approximate surface area is 146 Å². The van der Waals surface area contributed by atoms with Crippen molar-refractivity contribution in [2.45, 2.75) is 0 Å². The van der Waals surface area contributed by atoms with Gasteiger partial charge in [-0.3, -0.25) is 4.99 Å². The molecule has 1 aromatic heterocycles. The zero-order valence-corrected chi connectivity index (χ0v) is 14.8. The Morgan fingerprint density at radius 2 is 2.00 bits per heavy atom. The Morgan fingerprint density at radius 3 is 2.74 bits per heavy atom. The van der Waals surface area contributed by atoms with Crippen LogP contribution in [0, 0.1) is 0 Å². The molecule has 116 valence electrons. The molecule has 0 aliphatic heterocycles. The third-order valence-corrected chi connectivity index (χ3v) is 4.82. The predicted molar refractivity (Wildman–Crippen MR) is 98.0 cm³/mol. The number of benzene rings is 2. The zero-order valence-electron chi connectivity index (χ0n) is 12.3. The first-order valence-corrected chi connectivity index (χ1v) is 8.58. The quantitative estimate of drug-likeness (QED) is 0.675. The number of halogens is 1. The first-order chi connectivity index (χ1) is 11.2. The number of phenols is 1. The van der Waals surface area contributed by atoms with E-state index in [1.54, 1.807) is 36.1 Å². The number of rotatable bonds is 3. The summed E-state index contributed by atoms with van der Waals surface area (Å²) >= 11 is 5.11. The van der Waals surface area contributed by atoms with Crippen LogP contribution in [0.15, 0.2) is 68.5 Å². The second kappa shape index (κ2) is 6.93. The highest BCUT2D eigenvalue weighted by molar-refractivity contribution is 9.10. The highest BCUT2D eigenvalue weighted by Crippen LogP contribution is 2.28. The van der Waals surface area contributed by atoms with Crippen LogP contribution < -0.4 is 4.80 Å². The first kappa shape index (κ1) is 15.7. The topological polar surface area (TPSA) is 49.9 Å². The van der Waals surface area contributed by atoms with Crippen molar-refractivity contribution in [1.82, 2.24) is 4.68 Å². The lowest BCUT2D eigenvalue weighted by molar-refractivity contribution is 0.475. The maximum Gasteiger partial charge on any atom is 0.205 e. The Hall–Kier alpha value is -2.18. The van der Waals surface area contributed by atoms with Gasteiger partial charge in [0.05, 0.1) is 11.9 Å². The number of hydrogen-bond acceptors (Lipinski definition) is 4. The van der Waals surface area contributed by atoms with E-state index in [0.717, 1.165) is 26.1 Å². The van der Waals surface area contributed by atoms with E-state index in [0.29, 0.717) is 0 Å². The lowest BCUT2D eigenvalue weighted by Gasteiger charge is -2.05. The van der Waals surface area contributed by atoms with E-state index in [-0.39, 0.29) is 5.75 Å². The molecule has 4 nitrogen and oxygen atoms in total. The molecule has 23 heavy (non-hydrogen) atoms. The maximum atomic E-state index is 9.55. The summed E-state index contributed by atoms with van der Waals surface area (Å²) in [5.74, 6) is 0.218. The molecular weight excluding hydrogens is 374 g/mol. The summed E-state index contributed by atoms with van der Waals surface area (Å²) in [6.07, 6.45) is 1.71. The van der Waals surface area contributed by atoms with Crippen LogP contribution in [-0.4, -0.2) is 23.0 Å². The van der Waals surface area contributed by atoms with Gasteiger partial charge >= 0.3 is 0 Å². The highest BCUT2D eigenvalue weighted by Gasteiger charge is 2.09. The minimum absolute atomic E-state index is 0.218. The standard InChI is InChI=1S/C17H14BrN3OS/c1-19-17-21(20-10-12-5-4-6-13(22)9-12)16(11-23-17)14-7-2-3-8-15(14)18/h2-11,22H,1H3/b19-17?,20-10-. The van der Waals surface area contributed by atoms with Crippen molar-refractivity contribution in [3.8, 4) is 17.0 Å². The zero-order chi connectivity index (χ0) is 16.2. The molecule has 3 rings (SSSR count). The Bertz CT molecular complexity index is 927. The number of nitrogens with zero attached hydrogens (tertiary/aromatic N) is 3. The summed E-state index contributed by atoms with van der Waals surface area (Å²) in [5, 5.41) is 16.1. The average molecular weight is 388 g/mol. The van der Waals surface area contributed by atoms with Gasteiger partial charge in [0.1, 0.15) is 5.75 Å². The van der Waals surface area contributed by atoms with Gasteiger partial charge in [0.25, 0.3) is 0 Å². The van der Waals surface area contributed by atoms with Crippen LogP contribution in [0.4, 0.5) is 0 Å². The second-order valence-corrected chi connectivity index (χ2v) is 6.45. The normalized spacial score (nSPS) is 12.2. The Morgan fingerprint density at radius 1 is 1.17 bits per heavy atom. The van der Waals surface area contributed by atoms with E-state index in [4.69, 9.17) is 0 Å². The molecule has 1 N–H and O–H groups in total. The monoisotopic (exact) mass is 387 g/mol. The summed E-state index contributed by atoms with van der Waals surface area (Å²) in [7, 11) is 1.75. The summed E-state index contributed by atoms with van der Waals surface area (Å²) < 4.78 is 2.80. The van der Waals surface area contributed by atoms with Crippen molar-refractivity contribution in [2.24, 2.45) is 10.1 Å². The molecule has 0 aliphatic carbocycles. The molecule has 6 heteroatoms. The molecule has 0 radical (unpaired) electrons. The van der Waals surface area contributed by atoms with Crippen LogP contribution >= 0.6 is 27.3 Å². The minimum atomic E-state index is 0.218. The maximum absolute atomic E-state index is 9.55. The molecule has 0 fully saturated rings. The summed E-state index contributed by atoms with van der Waals surface area (Å²) in [6, 6.07) is 15.0. The van der Waals surface area contributed by atoms with Gasteiger partial charge in [0.2, 0.25) is 4.80 Å². The smallest absolute Gasteiger partial charge is 0.205 e. The number of aromatic hydroxyl groups is 1. The second-order valence-electron chi connectivity index (χ2n) is 4.76. The molecule has 0 spiro atoms. The molecular formula is C17H14BrN3OS. The van der Waals surface area contributed by atoms with Crippen molar-refractivity contribution >= 4 is 33.5 Å². The molecule has 2 aromatic carbocycles. The molecule has 0 saturated heterocycles. The van der Waals surface area contributed by atoms with E-state index < -0.39 is 0 Å². The molecule has 0 aliphatic rings. The molecule has 0 atom stereocenters. The van der Waals surface area contributed by atoms with Crippen LogP contribution in [0.5, 0.6) is 5.75 Å². The van der Waals surface area contributed by atoms with Crippen molar-refractivity contribution < 1.29 is 5.11 Å². The number of aromatic nitrogens is 1. The van der Waals surface area contributed by atoms with Crippen LogP contribution in [0.25, 0.3) is 11.3 Å². The number of phenolic OH excluding ortho intramolecular Hbond substituents is 1. The average Bonchev–Trinajstić information content (AvgIpc) is 2.96. The van der Waals surface area contributed by atoms with Crippen molar-refractivity contribution in [1.29, 1.82) is 0 Å². The van der Waals surface area contributed by atoms with E-state index in [9.17, 15) is 5.11 Å². The molecule has 0 bridgehead atoms.